The van der Waals surface area contributed by atoms with Gasteiger partial charge >= 0.3 is 12.1 Å². The second kappa shape index (κ2) is 7.93. The quantitative estimate of drug-likeness (QED) is 0.722. The Labute approximate surface area is 149 Å². The van der Waals surface area contributed by atoms with Crippen LogP contribution in [0.2, 0.25) is 0 Å². The number of nitrogens with two attached hydrogens (primary N) is 1. The molecule has 1 unspecified atom stereocenters. The van der Waals surface area contributed by atoms with Gasteiger partial charge in [-0.1, -0.05) is 12.8 Å². The topological polar surface area (TPSA) is 98.5 Å². The van der Waals surface area contributed by atoms with Crippen molar-refractivity contribution in [2.45, 2.75) is 42.8 Å². The molecule has 1 aromatic rings. The van der Waals surface area contributed by atoms with Gasteiger partial charge in [-0.15, -0.1) is 0 Å². The first kappa shape index (κ1) is 20.7. The molecule has 1 atom stereocenters. The maximum atomic E-state index is 13.2. The van der Waals surface area contributed by atoms with Crippen molar-refractivity contribution in [3.8, 4) is 0 Å². The highest BCUT2D eigenvalue weighted by molar-refractivity contribution is 7.89. The lowest BCUT2D eigenvalue weighted by Crippen LogP contribution is -2.44. The Bertz CT molecular complexity index is 759. The largest absolute Gasteiger partial charge is 0.465 e. The Morgan fingerprint density at radius 3 is 2.46 bits per heavy atom. The first-order valence-corrected chi connectivity index (χ1v) is 9.60. The number of ether oxygens (including phenoxy) is 1. The van der Waals surface area contributed by atoms with Gasteiger partial charge in [0.25, 0.3) is 0 Å². The molecule has 146 valence electrons. The van der Waals surface area contributed by atoms with Crippen molar-refractivity contribution in [3.05, 3.63) is 29.3 Å². The zero-order chi connectivity index (χ0) is 19.5. The van der Waals surface area contributed by atoms with E-state index in [4.69, 9.17) is 5.73 Å². The first-order valence-electron chi connectivity index (χ1n) is 8.12. The first-order chi connectivity index (χ1) is 12.1. The van der Waals surface area contributed by atoms with Crippen LogP contribution in [0.5, 0.6) is 0 Å². The van der Waals surface area contributed by atoms with Crippen molar-refractivity contribution in [2.24, 2.45) is 11.7 Å². The predicted molar refractivity (Wildman–Crippen MR) is 87.9 cm³/mol. The summed E-state index contributed by atoms with van der Waals surface area (Å²) in [6.07, 6.45) is -1.34. The minimum Gasteiger partial charge on any atom is -0.465 e. The maximum Gasteiger partial charge on any atom is 0.417 e. The number of alkyl halides is 3. The third-order valence-electron chi connectivity index (χ3n) is 4.54. The van der Waals surface area contributed by atoms with Crippen LogP contribution in [0.4, 0.5) is 13.2 Å². The number of hydrogen-bond donors (Lipinski definition) is 2. The van der Waals surface area contributed by atoms with E-state index in [0.717, 1.165) is 44.9 Å². The summed E-state index contributed by atoms with van der Waals surface area (Å²) >= 11 is 0. The predicted octanol–water partition coefficient (Wildman–Crippen LogP) is 2.29. The number of carbonyl (C=O) groups excluding carboxylic acids is 1. The molecule has 1 aliphatic rings. The van der Waals surface area contributed by atoms with Gasteiger partial charge < -0.3 is 10.5 Å². The highest BCUT2D eigenvalue weighted by Gasteiger charge is 2.37. The van der Waals surface area contributed by atoms with Crippen molar-refractivity contribution < 1.29 is 31.1 Å². The average molecular weight is 394 g/mol. The molecular formula is C16H21F3N2O4S. The van der Waals surface area contributed by atoms with E-state index in [2.05, 4.69) is 9.46 Å². The zero-order valence-electron chi connectivity index (χ0n) is 14.2. The van der Waals surface area contributed by atoms with Gasteiger partial charge in [-0.25, -0.2) is 17.9 Å². The molecule has 1 saturated carbocycles. The van der Waals surface area contributed by atoms with Gasteiger partial charge in [-0.2, -0.15) is 13.2 Å². The summed E-state index contributed by atoms with van der Waals surface area (Å²) < 4.78 is 71.5. The van der Waals surface area contributed by atoms with Crippen LogP contribution in [0.3, 0.4) is 0 Å². The van der Waals surface area contributed by atoms with Crippen LogP contribution in [-0.4, -0.2) is 34.1 Å². The van der Waals surface area contributed by atoms with Gasteiger partial charge in [0.15, 0.2) is 0 Å². The molecule has 0 saturated heterocycles. The number of halogens is 3. The molecule has 0 aromatic heterocycles. The number of esters is 1. The van der Waals surface area contributed by atoms with Crippen LogP contribution < -0.4 is 10.5 Å². The molecule has 26 heavy (non-hydrogen) atoms. The number of benzene rings is 1. The van der Waals surface area contributed by atoms with E-state index in [1.54, 1.807) is 0 Å². The fraction of sp³-hybridized carbons (Fsp3) is 0.562. The summed E-state index contributed by atoms with van der Waals surface area (Å²) in [7, 11) is -3.28. The number of nitrogens with one attached hydrogen (secondary N) is 1. The van der Waals surface area contributed by atoms with Crippen LogP contribution in [-0.2, 0) is 20.9 Å². The van der Waals surface area contributed by atoms with Crippen molar-refractivity contribution in [1.82, 2.24) is 4.72 Å². The highest BCUT2D eigenvalue weighted by atomic mass is 32.2. The lowest BCUT2D eigenvalue weighted by atomic mass is 9.99. The van der Waals surface area contributed by atoms with Gasteiger partial charge in [0, 0.05) is 12.6 Å². The molecular weight excluding hydrogens is 373 g/mol. The molecule has 1 fully saturated rings. The van der Waals surface area contributed by atoms with E-state index in [1.807, 2.05) is 0 Å². The Hall–Kier alpha value is -1.65. The molecule has 1 aromatic carbocycles. The third-order valence-corrected chi connectivity index (χ3v) is 6.03. The number of carbonyl (C=O) groups is 1. The highest BCUT2D eigenvalue weighted by Crippen LogP contribution is 2.34. The summed E-state index contributed by atoms with van der Waals surface area (Å²) in [6.45, 7) is 0.0519. The van der Waals surface area contributed by atoms with Crippen molar-refractivity contribution in [2.75, 3.05) is 13.7 Å². The fourth-order valence-electron chi connectivity index (χ4n) is 3.18. The van der Waals surface area contributed by atoms with E-state index < -0.39 is 44.2 Å². The number of sulfonamides is 1. The normalized spacial score (nSPS) is 17.3. The summed E-state index contributed by atoms with van der Waals surface area (Å²) in [5, 5.41) is 0. The van der Waals surface area contributed by atoms with Crippen LogP contribution >= 0.6 is 0 Å². The Morgan fingerprint density at radius 1 is 1.35 bits per heavy atom. The number of hydrogen-bond acceptors (Lipinski definition) is 5. The Balaban J connectivity index is 2.38. The standard InChI is InChI=1S/C16H21F3N2O4S/c1-25-15(22)12-7-6-11(8-13(12)16(17,18)19)26(23,24)21-14(9-20)10-4-2-3-5-10/h6-8,10,14,21H,2-5,9,20H2,1H3. The monoisotopic (exact) mass is 394 g/mol. The molecule has 0 spiro atoms. The van der Waals surface area contributed by atoms with Crippen LogP contribution in [0.25, 0.3) is 0 Å². The number of rotatable bonds is 6. The van der Waals surface area contributed by atoms with Crippen LogP contribution in [0.1, 0.15) is 41.6 Å². The summed E-state index contributed by atoms with van der Waals surface area (Å²) in [4.78, 5) is 11.0. The van der Waals surface area contributed by atoms with E-state index in [-0.39, 0.29) is 12.5 Å². The van der Waals surface area contributed by atoms with Crippen LogP contribution in [0.15, 0.2) is 23.1 Å². The molecule has 1 aliphatic carbocycles. The van der Waals surface area contributed by atoms with E-state index in [1.165, 1.54) is 0 Å². The number of methoxy groups -OCH3 is 1. The molecule has 10 heteroatoms. The van der Waals surface area contributed by atoms with Gasteiger partial charge in [-0.3, -0.25) is 0 Å². The lowest BCUT2D eigenvalue weighted by molar-refractivity contribution is -0.138. The third kappa shape index (κ3) is 4.54. The van der Waals surface area contributed by atoms with Crippen molar-refractivity contribution in [1.29, 1.82) is 0 Å². The van der Waals surface area contributed by atoms with Gasteiger partial charge in [0.05, 0.1) is 23.1 Å². The molecule has 0 radical (unpaired) electrons. The maximum absolute atomic E-state index is 13.2. The van der Waals surface area contributed by atoms with Crippen molar-refractivity contribution >= 4 is 16.0 Å². The van der Waals surface area contributed by atoms with Gasteiger partial charge in [0.1, 0.15) is 0 Å². The molecule has 0 amide bonds. The Morgan fingerprint density at radius 2 is 1.96 bits per heavy atom. The fourth-order valence-corrected chi connectivity index (χ4v) is 4.52. The second-order valence-electron chi connectivity index (χ2n) is 6.20. The van der Waals surface area contributed by atoms with E-state index in [0.29, 0.717) is 6.07 Å². The summed E-state index contributed by atoms with van der Waals surface area (Å²) in [6, 6.07) is 1.65. The van der Waals surface area contributed by atoms with Gasteiger partial charge in [0.2, 0.25) is 10.0 Å². The molecule has 0 bridgehead atoms. The molecule has 3 N–H and O–H groups in total. The average Bonchev–Trinajstić information content (AvgIpc) is 3.12. The van der Waals surface area contributed by atoms with E-state index >= 15 is 0 Å². The summed E-state index contributed by atoms with van der Waals surface area (Å²) in [5.74, 6) is -1.13. The van der Waals surface area contributed by atoms with Gasteiger partial charge in [-0.05, 0) is 37.0 Å². The lowest BCUT2D eigenvalue weighted by Gasteiger charge is -2.23. The smallest absolute Gasteiger partial charge is 0.417 e. The second-order valence-corrected chi connectivity index (χ2v) is 7.92. The summed E-state index contributed by atoms with van der Waals surface area (Å²) in [5.41, 5.74) is 3.54. The molecule has 0 heterocycles. The van der Waals surface area contributed by atoms with Crippen molar-refractivity contribution in [3.63, 3.8) is 0 Å². The Kier molecular flexibility index (Phi) is 6.30. The van der Waals surface area contributed by atoms with Crippen LogP contribution in [0, 0.1) is 5.92 Å². The SMILES string of the molecule is COC(=O)c1ccc(S(=O)(=O)NC(CN)C2CCCC2)cc1C(F)(F)F. The minimum atomic E-state index is -4.91. The molecule has 2 rings (SSSR count). The zero-order valence-corrected chi connectivity index (χ0v) is 15.0. The molecule has 0 aliphatic heterocycles. The molecule has 6 nitrogen and oxygen atoms in total. The van der Waals surface area contributed by atoms with E-state index in [9.17, 15) is 26.4 Å². The minimum absolute atomic E-state index is 0.0519.